The zero-order valence-corrected chi connectivity index (χ0v) is 13.9. The van der Waals surface area contributed by atoms with Crippen molar-refractivity contribution in [1.82, 2.24) is 0 Å². The van der Waals surface area contributed by atoms with Gasteiger partial charge in [-0.05, 0) is 5.56 Å². The van der Waals surface area contributed by atoms with Crippen LogP contribution in [0.3, 0.4) is 0 Å². The van der Waals surface area contributed by atoms with Gasteiger partial charge in [-0.15, -0.1) is 11.3 Å². The average Bonchev–Trinajstić information content (AvgIpc) is 3.06. The van der Waals surface area contributed by atoms with Crippen molar-refractivity contribution in [2.24, 2.45) is 0 Å². The van der Waals surface area contributed by atoms with Gasteiger partial charge in [0.1, 0.15) is 10.6 Å². The summed E-state index contributed by atoms with van der Waals surface area (Å²) in [5.41, 5.74) is 1.95. The van der Waals surface area contributed by atoms with Gasteiger partial charge in [-0.3, -0.25) is 4.79 Å². The Kier molecular flexibility index (Phi) is 5.24. The molecular formula is C17H17NO5S. The molecule has 1 aromatic heterocycles. The summed E-state index contributed by atoms with van der Waals surface area (Å²) < 4.78 is 15.5. The minimum Gasteiger partial charge on any atom is -0.465 e. The van der Waals surface area contributed by atoms with Crippen LogP contribution in [0.25, 0.3) is 11.1 Å². The second-order valence-electron chi connectivity index (χ2n) is 5.13. The number of hydrogen-bond acceptors (Lipinski definition) is 6. The van der Waals surface area contributed by atoms with Crippen molar-refractivity contribution < 1.29 is 23.8 Å². The SMILES string of the molecule is COC(=O)c1c(-c2ccccc2)csc1NC(=O)[C@@H]1COCCO1. The first-order valence-electron chi connectivity index (χ1n) is 7.46. The Balaban J connectivity index is 1.89. The van der Waals surface area contributed by atoms with Gasteiger partial charge in [0.15, 0.2) is 6.10 Å². The molecule has 1 aromatic carbocycles. The molecule has 1 atom stereocenters. The fourth-order valence-electron chi connectivity index (χ4n) is 2.42. The van der Waals surface area contributed by atoms with Crippen LogP contribution in [0.4, 0.5) is 5.00 Å². The molecule has 1 amide bonds. The zero-order chi connectivity index (χ0) is 16.9. The first-order valence-corrected chi connectivity index (χ1v) is 8.34. The fraction of sp³-hybridized carbons (Fsp3) is 0.294. The molecule has 0 aliphatic carbocycles. The molecule has 2 aromatic rings. The van der Waals surface area contributed by atoms with E-state index in [-0.39, 0.29) is 12.5 Å². The molecule has 7 heteroatoms. The predicted octanol–water partition coefficient (Wildman–Crippen LogP) is 2.56. The molecular weight excluding hydrogens is 330 g/mol. The second kappa shape index (κ2) is 7.57. The van der Waals surface area contributed by atoms with Crippen LogP contribution in [0.5, 0.6) is 0 Å². The molecule has 6 nitrogen and oxygen atoms in total. The number of carbonyl (C=O) groups is 2. The third-order valence-corrected chi connectivity index (χ3v) is 4.51. The molecule has 1 fully saturated rings. The van der Waals surface area contributed by atoms with Crippen molar-refractivity contribution in [1.29, 1.82) is 0 Å². The number of thiophene rings is 1. The summed E-state index contributed by atoms with van der Waals surface area (Å²) in [5, 5.41) is 5.03. The molecule has 1 saturated heterocycles. The summed E-state index contributed by atoms with van der Waals surface area (Å²) in [7, 11) is 1.32. The molecule has 2 heterocycles. The van der Waals surface area contributed by atoms with Crippen molar-refractivity contribution >= 4 is 28.2 Å². The van der Waals surface area contributed by atoms with Crippen molar-refractivity contribution in [3.05, 3.63) is 41.3 Å². The van der Waals surface area contributed by atoms with E-state index >= 15 is 0 Å². The Bertz CT molecular complexity index is 722. The third kappa shape index (κ3) is 3.48. The molecule has 1 N–H and O–H groups in total. The normalized spacial score (nSPS) is 17.3. The Hall–Kier alpha value is -2.22. The van der Waals surface area contributed by atoms with Gasteiger partial charge in [0.25, 0.3) is 5.91 Å². The highest BCUT2D eigenvalue weighted by Crippen LogP contribution is 2.36. The molecule has 1 aliphatic heterocycles. The summed E-state index contributed by atoms with van der Waals surface area (Å²) in [6.45, 7) is 1.06. The molecule has 3 rings (SSSR count). The molecule has 0 radical (unpaired) electrons. The van der Waals surface area contributed by atoms with Crippen molar-refractivity contribution in [3.63, 3.8) is 0 Å². The Labute approximate surface area is 143 Å². The van der Waals surface area contributed by atoms with E-state index < -0.39 is 12.1 Å². The number of nitrogens with one attached hydrogen (secondary N) is 1. The van der Waals surface area contributed by atoms with E-state index in [0.717, 1.165) is 11.1 Å². The van der Waals surface area contributed by atoms with Gasteiger partial charge in [0, 0.05) is 10.9 Å². The van der Waals surface area contributed by atoms with Crippen molar-refractivity contribution in [2.45, 2.75) is 6.10 Å². The number of ether oxygens (including phenoxy) is 3. The van der Waals surface area contributed by atoms with Crippen LogP contribution in [-0.2, 0) is 19.0 Å². The number of anilines is 1. The van der Waals surface area contributed by atoms with Gasteiger partial charge in [-0.25, -0.2) is 4.79 Å². The van der Waals surface area contributed by atoms with Gasteiger partial charge in [0.2, 0.25) is 0 Å². The summed E-state index contributed by atoms with van der Waals surface area (Å²) >= 11 is 1.28. The fourth-order valence-corrected chi connectivity index (χ4v) is 3.38. The Morgan fingerprint density at radius 1 is 1.25 bits per heavy atom. The Morgan fingerprint density at radius 2 is 2.04 bits per heavy atom. The monoisotopic (exact) mass is 347 g/mol. The second-order valence-corrected chi connectivity index (χ2v) is 6.01. The Morgan fingerprint density at radius 3 is 2.71 bits per heavy atom. The van der Waals surface area contributed by atoms with E-state index in [4.69, 9.17) is 14.2 Å². The number of benzene rings is 1. The standard InChI is InChI=1S/C17H17NO5S/c1-21-17(20)14-12(11-5-3-2-4-6-11)10-24-16(14)18-15(19)13-9-22-7-8-23-13/h2-6,10,13H,7-9H2,1H3,(H,18,19)/t13-/m0/s1. The van der Waals surface area contributed by atoms with Crippen molar-refractivity contribution in [3.8, 4) is 11.1 Å². The molecule has 0 spiro atoms. The highest BCUT2D eigenvalue weighted by atomic mass is 32.1. The molecule has 126 valence electrons. The lowest BCUT2D eigenvalue weighted by Gasteiger charge is -2.21. The van der Waals surface area contributed by atoms with E-state index in [1.165, 1.54) is 18.4 Å². The summed E-state index contributed by atoms with van der Waals surface area (Å²) in [5.74, 6) is -0.826. The van der Waals surface area contributed by atoms with Crippen molar-refractivity contribution in [2.75, 3.05) is 32.2 Å². The summed E-state index contributed by atoms with van der Waals surface area (Å²) in [4.78, 5) is 24.5. The van der Waals surface area contributed by atoms with Crippen LogP contribution < -0.4 is 5.32 Å². The lowest BCUT2D eigenvalue weighted by molar-refractivity contribution is -0.142. The molecule has 0 unspecified atom stereocenters. The van der Waals surface area contributed by atoms with E-state index in [1.807, 2.05) is 35.7 Å². The average molecular weight is 347 g/mol. The van der Waals surface area contributed by atoms with Crippen LogP contribution in [0.1, 0.15) is 10.4 Å². The van der Waals surface area contributed by atoms with Crippen LogP contribution >= 0.6 is 11.3 Å². The topological polar surface area (TPSA) is 73.9 Å². The predicted molar refractivity (Wildman–Crippen MR) is 90.3 cm³/mol. The quantitative estimate of drug-likeness (QED) is 0.861. The van der Waals surface area contributed by atoms with Gasteiger partial charge < -0.3 is 19.5 Å². The zero-order valence-electron chi connectivity index (χ0n) is 13.1. The summed E-state index contributed by atoms with van der Waals surface area (Å²) in [6.07, 6.45) is -0.675. The number of rotatable bonds is 4. The van der Waals surface area contributed by atoms with E-state index in [1.54, 1.807) is 0 Å². The maximum atomic E-state index is 12.3. The van der Waals surface area contributed by atoms with Crippen LogP contribution in [0.15, 0.2) is 35.7 Å². The number of hydrogen-bond donors (Lipinski definition) is 1. The maximum absolute atomic E-state index is 12.3. The maximum Gasteiger partial charge on any atom is 0.341 e. The minimum atomic E-state index is -0.675. The van der Waals surface area contributed by atoms with Gasteiger partial charge in [0.05, 0.1) is 26.9 Å². The minimum absolute atomic E-state index is 0.205. The first kappa shape index (κ1) is 16.6. The number of carbonyl (C=O) groups excluding carboxylic acids is 2. The molecule has 0 saturated carbocycles. The van der Waals surface area contributed by atoms with Gasteiger partial charge >= 0.3 is 5.97 Å². The lowest BCUT2D eigenvalue weighted by atomic mass is 10.0. The smallest absolute Gasteiger partial charge is 0.341 e. The number of methoxy groups -OCH3 is 1. The molecule has 0 bridgehead atoms. The largest absolute Gasteiger partial charge is 0.465 e. The third-order valence-electron chi connectivity index (χ3n) is 3.61. The van der Waals surface area contributed by atoms with Gasteiger partial charge in [-0.1, -0.05) is 30.3 Å². The summed E-state index contributed by atoms with van der Waals surface area (Å²) in [6, 6.07) is 9.48. The van der Waals surface area contributed by atoms with E-state index in [0.29, 0.717) is 23.8 Å². The molecule has 24 heavy (non-hydrogen) atoms. The van der Waals surface area contributed by atoms with Crippen LogP contribution in [0.2, 0.25) is 0 Å². The number of amides is 1. The molecule has 1 aliphatic rings. The van der Waals surface area contributed by atoms with Crippen LogP contribution in [0, 0.1) is 0 Å². The highest BCUT2D eigenvalue weighted by molar-refractivity contribution is 7.15. The van der Waals surface area contributed by atoms with E-state index in [2.05, 4.69) is 5.32 Å². The highest BCUT2D eigenvalue weighted by Gasteiger charge is 2.27. The number of esters is 1. The lowest BCUT2D eigenvalue weighted by Crippen LogP contribution is -2.39. The van der Waals surface area contributed by atoms with Gasteiger partial charge in [-0.2, -0.15) is 0 Å². The van der Waals surface area contributed by atoms with Crippen LogP contribution in [-0.4, -0.2) is 44.9 Å². The first-order chi connectivity index (χ1) is 11.7. The van der Waals surface area contributed by atoms with E-state index in [9.17, 15) is 9.59 Å².